The van der Waals surface area contributed by atoms with E-state index >= 15 is 0 Å². The summed E-state index contributed by atoms with van der Waals surface area (Å²) >= 11 is 5.86. The van der Waals surface area contributed by atoms with Crippen molar-refractivity contribution in [2.24, 2.45) is 7.05 Å². The molecule has 3 heterocycles. The molecule has 0 spiro atoms. The van der Waals surface area contributed by atoms with Crippen LogP contribution < -0.4 is 10.7 Å². The van der Waals surface area contributed by atoms with E-state index in [-0.39, 0.29) is 27.2 Å². The second-order valence-corrected chi connectivity index (χ2v) is 7.55. The van der Waals surface area contributed by atoms with Crippen LogP contribution in [0.4, 0.5) is 10.1 Å². The lowest BCUT2D eigenvalue weighted by Gasteiger charge is -2.18. The second kappa shape index (κ2) is 7.85. The van der Waals surface area contributed by atoms with Gasteiger partial charge in [0.05, 0.1) is 28.9 Å². The number of pyridine rings is 1. The van der Waals surface area contributed by atoms with Gasteiger partial charge in [0.15, 0.2) is 11.1 Å². The Morgan fingerprint density at radius 3 is 2.81 bits per heavy atom. The highest BCUT2D eigenvalue weighted by atomic mass is 35.5. The van der Waals surface area contributed by atoms with Crippen LogP contribution in [0.5, 0.6) is 0 Å². The van der Waals surface area contributed by atoms with Crippen molar-refractivity contribution >= 4 is 28.3 Å². The zero-order valence-electron chi connectivity index (χ0n) is 16.9. The van der Waals surface area contributed by atoms with Crippen molar-refractivity contribution in [3.63, 3.8) is 0 Å². The lowest BCUT2D eigenvalue weighted by atomic mass is 10.0. The molecule has 0 radical (unpaired) electrons. The molecular weight excluding hydrogens is 421 g/mol. The number of nitriles is 1. The molecule has 7 nitrogen and oxygen atoms in total. The maximum absolute atomic E-state index is 14.4. The molecule has 0 aliphatic heterocycles. The van der Waals surface area contributed by atoms with Crippen molar-refractivity contribution in [1.29, 1.82) is 5.26 Å². The number of fused-ring (bicyclic) bond motifs is 1. The number of hydrogen-bond acceptors (Lipinski definition) is 6. The first kappa shape index (κ1) is 20.6. The highest BCUT2D eigenvalue weighted by molar-refractivity contribution is 6.29. The van der Waals surface area contributed by atoms with Crippen molar-refractivity contribution in [3.05, 3.63) is 74.7 Å². The van der Waals surface area contributed by atoms with Gasteiger partial charge < -0.3 is 9.73 Å². The van der Waals surface area contributed by atoms with Gasteiger partial charge in [-0.2, -0.15) is 10.4 Å². The van der Waals surface area contributed by atoms with E-state index in [9.17, 15) is 14.4 Å². The Morgan fingerprint density at radius 1 is 1.35 bits per heavy atom. The van der Waals surface area contributed by atoms with Crippen LogP contribution in [0.1, 0.15) is 29.8 Å². The third-order valence-corrected chi connectivity index (χ3v) is 5.20. The summed E-state index contributed by atoms with van der Waals surface area (Å²) in [6, 6.07) is 7.10. The number of aryl methyl sites for hydroxylation is 1. The predicted molar refractivity (Wildman–Crippen MR) is 115 cm³/mol. The molecule has 31 heavy (non-hydrogen) atoms. The summed E-state index contributed by atoms with van der Waals surface area (Å²) < 4.78 is 22.2. The fourth-order valence-electron chi connectivity index (χ4n) is 3.46. The van der Waals surface area contributed by atoms with E-state index < -0.39 is 11.9 Å². The summed E-state index contributed by atoms with van der Waals surface area (Å²) in [6.07, 6.45) is 3.33. The van der Waals surface area contributed by atoms with Gasteiger partial charge in [-0.15, -0.1) is 0 Å². The Balaban J connectivity index is 1.89. The SMILES string of the molecule is Cc1c(-c2cnn(C)c2)oc2c(C(C)Nc3ccc(Cl)nc3C#N)cc(F)cc2c1=O. The molecule has 1 aromatic carbocycles. The number of aromatic nitrogens is 3. The summed E-state index contributed by atoms with van der Waals surface area (Å²) in [5.74, 6) is -0.191. The van der Waals surface area contributed by atoms with Crippen molar-refractivity contribution in [3.8, 4) is 17.4 Å². The third-order valence-electron chi connectivity index (χ3n) is 4.99. The van der Waals surface area contributed by atoms with Crippen LogP contribution >= 0.6 is 11.6 Å². The van der Waals surface area contributed by atoms with Crippen LogP contribution in [-0.4, -0.2) is 14.8 Å². The zero-order valence-corrected chi connectivity index (χ0v) is 17.7. The van der Waals surface area contributed by atoms with E-state index in [2.05, 4.69) is 15.4 Å². The van der Waals surface area contributed by atoms with Crippen LogP contribution in [0.15, 0.2) is 45.9 Å². The largest absolute Gasteiger partial charge is 0.455 e. The van der Waals surface area contributed by atoms with E-state index in [4.69, 9.17) is 16.0 Å². The number of nitrogens with one attached hydrogen (secondary N) is 1. The van der Waals surface area contributed by atoms with Crippen LogP contribution in [0.25, 0.3) is 22.3 Å². The number of rotatable bonds is 4. The molecule has 156 valence electrons. The van der Waals surface area contributed by atoms with Gasteiger partial charge in [0, 0.05) is 24.4 Å². The number of hydrogen-bond donors (Lipinski definition) is 1. The summed E-state index contributed by atoms with van der Waals surface area (Å²) in [7, 11) is 1.76. The Labute approximate surface area is 181 Å². The van der Waals surface area contributed by atoms with Crippen molar-refractivity contribution in [1.82, 2.24) is 14.8 Å². The maximum atomic E-state index is 14.4. The molecule has 9 heteroatoms. The molecule has 0 amide bonds. The zero-order chi connectivity index (χ0) is 22.3. The molecule has 1 unspecified atom stereocenters. The van der Waals surface area contributed by atoms with E-state index in [1.165, 1.54) is 12.1 Å². The van der Waals surface area contributed by atoms with Gasteiger partial charge in [-0.1, -0.05) is 11.6 Å². The fourth-order valence-corrected chi connectivity index (χ4v) is 3.61. The van der Waals surface area contributed by atoms with Gasteiger partial charge >= 0.3 is 0 Å². The quantitative estimate of drug-likeness (QED) is 0.463. The highest BCUT2D eigenvalue weighted by Crippen LogP contribution is 2.32. The standard InChI is InChI=1S/C22H17ClFN5O2/c1-11-20(30)16-7-14(24)6-15(22(16)31-21(11)13-9-26-29(3)10-13)12(2)27-17-4-5-19(23)28-18(17)8-25/h4-7,9-10,12,27H,1-3H3. The van der Waals surface area contributed by atoms with Gasteiger partial charge in [-0.05, 0) is 38.1 Å². The van der Waals surface area contributed by atoms with Gasteiger partial charge in [-0.25, -0.2) is 9.37 Å². The molecule has 0 aliphatic carbocycles. The van der Waals surface area contributed by atoms with Crippen molar-refractivity contribution in [2.75, 3.05) is 5.32 Å². The smallest absolute Gasteiger partial charge is 0.196 e. The topological polar surface area (TPSA) is 96.7 Å². The van der Waals surface area contributed by atoms with Crippen molar-refractivity contribution < 1.29 is 8.81 Å². The Hall–Kier alpha value is -3.70. The number of benzene rings is 1. The molecule has 0 aliphatic rings. The van der Waals surface area contributed by atoms with Crippen LogP contribution in [-0.2, 0) is 7.05 Å². The molecule has 4 rings (SSSR count). The molecular formula is C22H17ClFN5O2. The lowest BCUT2D eigenvalue weighted by Crippen LogP contribution is -2.13. The lowest BCUT2D eigenvalue weighted by molar-refractivity contribution is 0.594. The monoisotopic (exact) mass is 437 g/mol. The molecule has 1 N–H and O–H groups in total. The maximum Gasteiger partial charge on any atom is 0.196 e. The van der Waals surface area contributed by atoms with Crippen LogP contribution in [0.3, 0.4) is 0 Å². The third kappa shape index (κ3) is 3.76. The van der Waals surface area contributed by atoms with E-state index in [0.29, 0.717) is 28.1 Å². The molecule has 0 bridgehead atoms. The van der Waals surface area contributed by atoms with Gasteiger partial charge in [0.25, 0.3) is 0 Å². The first-order chi connectivity index (χ1) is 14.8. The summed E-state index contributed by atoms with van der Waals surface area (Å²) in [5.41, 5.74) is 1.91. The summed E-state index contributed by atoms with van der Waals surface area (Å²) in [5, 5.41) is 16.9. The van der Waals surface area contributed by atoms with E-state index in [0.717, 1.165) is 0 Å². The fraction of sp³-hybridized carbons (Fsp3) is 0.182. The average Bonchev–Trinajstić information content (AvgIpc) is 3.17. The molecule has 0 saturated heterocycles. The van der Waals surface area contributed by atoms with E-state index in [1.807, 2.05) is 6.07 Å². The van der Waals surface area contributed by atoms with Gasteiger partial charge in [0.1, 0.15) is 28.4 Å². The Kier molecular flexibility index (Phi) is 5.21. The highest BCUT2D eigenvalue weighted by Gasteiger charge is 2.21. The Bertz CT molecular complexity index is 1420. The van der Waals surface area contributed by atoms with E-state index in [1.54, 1.807) is 50.1 Å². The second-order valence-electron chi connectivity index (χ2n) is 7.17. The number of nitrogens with zero attached hydrogens (tertiary/aromatic N) is 4. The summed E-state index contributed by atoms with van der Waals surface area (Å²) in [6.45, 7) is 3.41. The van der Waals surface area contributed by atoms with Crippen LogP contribution in [0, 0.1) is 24.1 Å². The number of anilines is 1. The average molecular weight is 438 g/mol. The molecule has 1 atom stereocenters. The van der Waals surface area contributed by atoms with Gasteiger partial charge in [-0.3, -0.25) is 9.48 Å². The molecule has 0 fully saturated rings. The van der Waals surface area contributed by atoms with Gasteiger partial charge in [0.2, 0.25) is 0 Å². The predicted octanol–water partition coefficient (Wildman–Crippen LogP) is 4.73. The van der Waals surface area contributed by atoms with Crippen molar-refractivity contribution in [2.45, 2.75) is 19.9 Å². The first-order valence-electron chi connectivity index (χ1n) is 9.37. The molecule has 4 aromatic rings. The first-order valence-corrected chi connectivity index (χ1v) is 9.75. The van der Waals surface area contributed by atoms with Crippen LogP contribution in [0.2, 0.25) is 5.15 Å². The minimum Gasteiger partial charge on any atom is -0.455 e. The summed E-state index contributed by atoms with van der Waals surface area (Å²) in [4.78, 5) is 17.0. The Morgan fingerprint density at radius 2 is 2.13 bits per heavy atom. The number of halogens is 2. The normalized spacial score (nSPS) is 12.0. The molecule has 3 aromatic heterocycles. The minimum atomic E-state index is -0.563. The molecule has 0 saturated carbocycles. The minimum absolute atomic E-state index is 0.105.